The topological polar surface area (TPSA) is 99.1 Å². The lowest BCUT2D eigenvalue weighted by atomic mass is 10.1. The van der Waals surface area contributed by atoms with E-state index in [4.69, 9.17) is 9.84 Å². The number of carbonyl (C=O) groups excluding carboxylic acids is 1. The normalized spacial score (nSPS) is 23.9. The maximum absolute atomic E-state index is 12.2. The molecule has 7 nitrogen and oxygen atoms in total. The third kappa shape index (κ3) is 2.78. The van der Waals surface area contributed by atoms with E-state index in [9.17, 15) is 14.7 Å². The van der Waals surface area contributed by atoms with Crippen molar-refractivity contribution in [1.82, 2.24) is 4.90 Å². The zero-order valence-corrected chi connectivity index (χ0v) is 11.3. The van der Waals surface area contributed by atoms with Gasteiger partial charge >= 0.3 is 12.0 Å². The van der Waals surface area contributed by atoms with Crippen LogP contribution in [0.25, 0.3) is 0 Å². The Balaban J connectivity index is 1.74. The smallest absolute Gasteiger partial charge is 0.337 e. The summed E-state index contributed by atoms with van der Waals surface area (Å²) in [6.07, 6.45) is 2.06. The molecule has 2 heterocycles. The zero-order chi connectivity index (χ0) is 15.0. The monoisotopic (exact) mass is 292 g/mol. The molecule has 1 aromatic carbocycles. The first kappa shape index (κ1) is 13.7. The quantitative estimate of drug-likeness (QED) is 0.717. The summed E-state index contributed by atoms with van der Waals surface area (Å²) in [4.78, 5) is 25.0. The van der Waals surface area contributed by atoms with E-state index < -0.39 is 5.97 Å². The molecule has 112 valence electrons. The van der Waals surface area contributed by atoms with Crippen LogP contribution in [-0.4, -0.2) is 52.4 Å². The van der Waals surface area contributed by atoms with E-state index in [1.54, 1.807) is 4.90 Å². The Hall–Kier alpha value is -2.28. The van der Waals surface area contributed by atoms with Crippen LogP contribution in [0.1, 0.15) is 23.2 Å². The highest BCUT2D eigenvalue weighted by molar-refractivity contribution is 6.00. The standard InChI is InChI=1S/C14H16N2O5/c17-8-1-4-12(11(5-8)13(18)19)15-14(20)16-6-9-2-3-10(7-16)21-9/h1,4-5,9-10,17H,2-3,6-7H2,(H,15,20)(H,18,19). The van der Waals surface area contributed by atoms with Gasteiger partial charge in [0.2, 0.25) is 0 Å². The minimum atomic E-state index is -1.21. The number of hydrogen-bond acceptors (Lipinski definition) is 4. The summed E-state index contributed by atoms with van der Waals surface area (Å²) in [6.45, 7) is 1.03. The van der Waals surface area contributed by atoms with Crippen molar-refractivity contribution in [3.63, 3.8) is 0 Å². The van der Waals surface area contributed by atoms with Gasteiger partial charge in [-0.15, -0.1) is 0 Å². The third-order valence-electron chi connectivity index (χ3n) is 3.81. The molecule has 2 aliphatic rings. The maximum atomic E-state index is 12.2. The highest BCUT2D eigenvalue weighted by Crippen LogP contribution is 2.27. The Labute approximate surface area is 121 Å². The fourth-order valence-electron chi connectivity index (χ4n) is 2.79. The number of morpholine rings is 1. The molecule has 2 atom stereocenters. The number of hydrogen-bond donors (Lipinski definition) is 3. The first-order valence-electron chi connectivity index (χ1n) is 6.80. The van der Waals surface area contributed by atoms with Crippen molar-refractivity contribution in [1.29, 1.82) is 0 Å². The van der Waals surface area contributed by atoms with Crippen molar-refractivity contribution in [3.05, 3.63) is 23.8 Å². The number of carboxylic acids is 1. The fourth-order valence-corrected chi connectivity index (χ4v) is 2.79. The molecule has 1 aromatic rings. The minimum absolute atomic E-state index is 0.0771. The Morgan fingerprint density at radius 1 is 1.24 bits per heavy atom. The number of aromatic carboxylic acids is 1. The summed E-state index contributed by atoms with van der Waals surface area (Å²) in [5.41, 5.74) is 0.0312. The van der Waals surface area contributed by atoms with Gasteiger partial charge in [-0.1, -0.05) is 0 Å². The lowest BCUT2D eigenvalue weighted by molar-refractivity contribution is -0.0219. The van der Waals surface area contributed by atoms with E-state index in [1.165, 1.54) is 12.1 Å². The molecule has 0 aromatic heterocycles. The van der Waals surface area contributed by atoms with Crippen molar-refractivity contribution >= 4 is 17.7 Å². The number of nitrogens with zero attached hydrogens (tertiary/aromatic N) is 1. The molecular weight excluding hydrogens is 276 g/mol. The molecule has 0 saturated carbocycles. The van der Waals surface area contributed by atoms with Gasteiger partial charge in [0.15, 0.2) is 0 Å². The van der Waals surface area contributed by atoms with Gasteiger partial charge in [-0.25, -0.2) is 9.59 Å². The average Bonchev–Trinajstić information content (AvgIpc) is 2.79. The largest absolute Gasteiger partial charge is 0.508 e. The molecule has 0 aliphatic carbocycles. The number of aromatic hydroxyl groups is 1. The van der Waals surface area contributed by atoms with Crippen LogP contribution in [0.3, 0.4) is 0 Å². The second kappa shape index (κ2) is 5.25. The summed E-state index contributed by atoms with van der Waals surface area (Å²) in [5.74, 6) is -1.36. The number of nitrogens with one attached hydrogen (secondary N) is 1. The van der Waals surface area contributed by atoms with Crippen molar-refractivity contribution in [2.45, 2.75) is 25.0 Å². The molecule has 2 fully saturated rings. The summed E-state index contributed by atoms with van der Waals surface area (Å²) in [7, 11) is 0. The van der Waals surface area contributed by atoms with Gasteiger partial charge in [0.05, 0.1) is 23.5 Å². The van der Waals surface area contributed by atoms with Crippen molar-refractivity contribution in [2.75, 3.05) is 18.4 Å². The maximum Gasteiger partial charge on any atom is 0.337 e. The second-order valence-corrected chi connectivity index (χ2v) is 5.33. The van der Waals surface area contributed by atoms with Crippen molar-refractivity contribution < 1.29 is 24.5 Å². The van der Waals surface area contributed by atoms with Gasteiger partial charge in [-0.05, 0) is 31.0 Å². The Kier molecular flexibility index (Phi) is 3.42. The number of phenols is 1. The molecule has 21 heavy (non-hydrogen) atoms. The van der Waals surface area contributed by atoms with Gasteiger partial charge in [-0.2, -0.15) is 0 Å². The van der Waals surface area contributed by atoms with Crippen LogP contribution in [0.15, 0.2) is 18.2 Å². The van der Waals surface area contributed by atoms with E-state index in [0.29, 0.717) is 13.1 Å². The molecule has 2 saturated heterocycles. The Bertz CT molecular complexity index is 577. The van der Waals surface area contributed by atoms with Crippen LogP contribution in [0.4, 0.5) is 10.5 Å². The number of benzene rings is 1. The van der Waals surface area contributed by atoms with Crippen LogP contribution in [0.2, 0.25) is 0 Å². The summed E-state index contributed by atoms with van der Waals surface area (Å²) in [6, 6.07) is 3.49. The molecule has 2 aliphatic heterocycles. The summed E-state index contributed by atoms with van der Waals surface area (Å²) in [5, 5.41) is 21.1. The number of carboxylic acid groups (broad SMARTS) is 1. The fraction of sp³-hybridized carbons (Fsp3) is 0.429. The molecule has 3 N–H and O–H groups in total. The average molecular weight is 292 g/mol. The van der Waals surface area contributed by atoms with Crippen LogP contribution in [-0.2, 0) is 4.74 Å². The minimum Gasteiger partial charge on any atom is -0.508 e. The number of anilines is 1. The Morgan fingerprint density at radius 2 is 1.90 bits per heavy atom. The van der Waals surface area contributed by atoms with Gasteiger partial charge < -0.3 is 25.2 Å². The van der Waals surface area contributed by atoms with Gasteiger partial charge in [0.1, 0.15) is 5.75 Å². The summed E-state index contributed by atoms with van der Waals surface area (Å²) < 4.78 is 5.66. The lowest BCUT2D eigenvalue weighted by Crippen LogP contribution is -2.47. The highest BCUT2D eigenvalue weighted by atomic mass is 16.5. The zero-order valence-electron chi connectivity index (χ0n) is 11.3. The molecule has 0 spiro atoms. The molecule has 7 heteroatoms. The molecule has 2 bridgehead atoms. The van der Waals surface area contributed by atoms with E-state index in [1.807, 2.05) is 0 Å². The van der Waals surface area contributed by atoms with E-state index >= 15 is 0 Å². The predicted octanol–water partition coefficient (Wildman–Crippen LogP) is 1.49. The second-order valence-electron chi connectivity index (χ2n) is 5.33. The van der Waals surface area contributed by atoms with E-state index in [-0.39, 0.29) is 35.2 Å². The molecule has 0 radical (unpaired) electrons. The number of ether oxygens (including phenoxy) is 1. The predicted molar refractivity (Wildman–Crippen MR) is 73.6 cm³/mol. The van der Waals surface area contributed by atoms with Gasteiger partial charge in [0.25, 0.3) is 0 Å². The number of likely N-dealkylation sites (tertiary alicyclic amines) is 1. The first-order chi connectivity index (χ1) is 10.0. The third-order valence-corrected chi connectivity index (χ3v) is 3.81. The summed E-state index contributed by atoms with van der Waals surface area (Å²) >= 11 is 0. The lowest BCUT2D eigenvalue weighted by Gasteiger charge is -2.32. The van der Waals surface area contributed by atoms with Crippen LogP contribution >= 0.6 is 0 Å². The first-order valence-corrected chi connectivity index (χ1v) is 6.80. The number of amides is 2. The number of carbonyl (C=O) groups is 2. The molecule has 2 unspecified atom stereocenters. The molecule has 3 rings (SSSR count). The van der Waals surface area contributed by atoms with Crippen molar-refractivity contribution in [2.24, 2.45) is 0 Å². The van der Waals surface area contributed by atoms with E-state index in [2.05, 4.69) is 5.32 Å². The molecular formula is C14H16N2O5. The van der Waals surface area contributed by atoms with Gasteiger partial charge in [-0.3, -0.25) is 0 Å². The SMILES string of the molecule is O=C(O)c1cc(O)ccc1NC(=O)N1CC2CCC(C1)O2. The Morgan fingerprint density at radius 3 is 2.52 bits per heavy atom. The number of phenolic OH excluding ortho intramolecular Hbond substituents is 1. The number of urea groups is 1. The van der Waals surface area contributed by atoms with Crippen LogP contribution in [0, 0.1) is 0 Å². The van der Waals surface area contributed by atoms with Crippen LogP contribution < -0.4 is 5.32 Å². The van der Waals surface area contributed by atoms with Gasteiger partial charge in [0, 0.05) is 13.1 Å². The molecule has 2 amide bonds. The van der Waals surface area contributed by atoms with Crippen LogP contribution in [0.5, 0.6) is 5.75 Å². The van der Waals surface area contributed by atoms with Crippen molar-refractivity contribution in [3.8, 4) is 5.75 Å². The van der Waals surface area contributed by atoms with E-state index in [0.717, 1.165) is 18.9 Å². The number of fused-ring (bicyclic) bond motifs is 2. The number of rotatable bonds is 2. The highest BCUT2D eigenvalue weighted by Gasteiger charge is 2.35.